The van der Waals surface area contributed by atoms with Crippen LogP contribution in [0.4, 0.5) is 8.78 Å². The van der Waals surface area contributed by atoms with Crippen LogP contribution >= 0.6 is 15.9 Å². The molecule has 0 aliphatic heterocycles. The summed E-state index contributed by atoms with van der Waals surface area (Å²) in [4.78, 5) is 14.1. The van der Waals surface area contributed by atoms with Gasteiger partial charge in [-0.25, -0.2) is 13.8 Å². The Bertz CT molecular complexity index is 396. The summed E-state index contributed by atoms with van der Waals surface area (Å²) >= 11 is 2.96. The van der Waals surface area contributed by atoms with Crippen molar-refractivity contribution < 1.29 is 18.7 Å². The Morgan fingerprint density at radius 3 is 2.73 bits per heavy atom. The number of hydrogen-bond acceptors (Lipinski definition) is 2. The van der Waals surface area contributed by atoms with Crippen LogP contribution in [0.1, 0.15) is 23.4 Å². The highest BCUT2D eigenvalue weighted by Crippen LogP contribution is 2.27. The fourth-order valence-corrected chi connectivity index (χ4v) is 1.71. The normalized spacial score (nSPS) is 10.7. The largest absolute Gasteiger partial charge is 0.481 e. The van der Waals surface area contributed by atoms with Crippen LogP contribution in [-0.2, 0) is 11.2 Å². The van der Waals surface area contributed by atoms with Crippen molar-refractivity contribution in [3.8, 4) is 0 Å². The second kappa shape index (κ2) is 4.65. The van der Waals surface area contributed by atoms with Crippen LogP contribution in [0.3, 0.4) is 0 Å². The highest BCUT2D eigenvalue weighted by molar-refractivity contribution is 9.10. The lowest BCUT2D eigenvalue weighted by Crippen LogP contribution is -2.07. The smallest absolute Gasteiger partial charge is 0.309 e. The standard InChI is InChI=1S/C9H8BrF2NO2/c1-4-2-5(10)8(9(11)12)13-6(4)3-7(14)15/h2,9H,3H2,1H3,(H,14,15). The number of aliphatic carboxylic acids is 1. The molecule has 0 radical (unpaired) electrons. The first-order valence-electron chi connectivity index (χ1n) is 4.07. The Balaban J connectivity index is 3.17. The highest BCUT2D eigenvalue weighted by atomic mass is 79.9. The van der Waals surface area contributed by atoms with Crippen LogP contribution < -0.4 is 0 Å². The van der Waals surface area contributed by atoms with Gasteiger partial charge in [0.2, 0.25) is 0 Å². The molecule has 82 valence electrons. The van der Waals surface area contributed by atoms with Gasteiger partial charge in [-0.05, 0) is 34.5 Å². The van der Waals surface area contributed by atoms with Gasteiger partial charge in [0.05, 0.1) is 12.1 Å². The number of halogens is 3. The summed E-state index contributed by atoms with van der Waals surface area (Å²) in [5.41, 5.74) is 0.325. The van der Waals surface area contributed by atoms with Crippen LogP contribution in [0.2, 0.25) is 0 Å². The molecule has 3 nitrogen and oxygen atoms in total. The van der Waals surface area contributed by atoms with Gasteiger partial charge in [-0.2, -0.15) is 0 Å². The second-order valence-corrected chi connectivity index (χ2v) is 3.84. The number of hydrogen-bond donors (Lipinski definition) is 1. The number of aryl methyl sites for hydroxylation is 1. The van der Waals surface area contributed by atoms with Gasteiger partial charge in [-0.15, -0.1) is 0 Å². The average molecular weight is 280 g/mol. The van der Waals surface area contributed by atoms with Crippen molar-refractivity contribution in [2.75, 3.05) is 0 Å². The molecular weight excluding hydrogens is 272 g/mol. The number of rotatable bonds is 3. The highest BCUT2D eigenvalue weighted by Gasteiger charge is 2.17. The van der Waals surface area contributed by atoms with Crippen molar-refractivity contribution >= 4 is 21.9 Å². The summed E-state index contributed by atoms with van der Waals surface area (Å²) in [6, 6.07) is 1.45. The molecule has 1 rings (SSSR count). The van der Waals surface area contributed by atoms with E-state index in [9.17, 15) is 13.6 Å². The predicted octanol–water partition coefficient (Wildman–Crippen LogP) is 2.72. The van der Waals surface area contributed by atoms with Crippen molar-refractivity contribution in [3.63, 3.8) is 0 Å². The summed E-state index contributed by atoms with van der Waals surface area (Å²) in [5, 5.41) is 8.55. The van der Waals surface area contributed by atoms with Gasteiger partial charge < -0.3 is 5.11 Å². The third-order valence-corrected chi connectivity index (χ3v) is 2.46. The Morgan fingerprint density at radius 1 is 1.67 bits per heavy atom. The molecule has 0 spiro atoms. The van der Waals surface area contributed by atoms with E-state index >= 15 is 0 Å². The van der Waals surface area contributed by atoms with Crippen molar-refractivity contribution in [2.45, 2.75) is 19.8 Å². The fourth-order valence-electron chi connectivity index (χ4n) is 1.11. The quantitative estimate of drug-likeness (QED) is 0.926. The van der Waals surface area contributed by atoms with E-state index in [2.05, 4.69) is 20.9 Å². The topological polar surface area (TPSA) is 50.2 Å². The summed E-state index contributed by atoms with van der Waals surface area (Å²) in [5.74, 6) is -1.09. The van der Waals surface area contributed by atoms with Crippen LogP contribution in [-0.4, -0.2) is 16.1 Å². The first-order valence-corrected chi connectivity index (χ1v) is 4.87. The third-order valence-electron chi connectivity index (χ3n) is 1.82. The monoisotopic (exact) mass is 279 g/mol. The van der Waals surface area contributed by atoms with E-state index in [-0.39, 0.29) is 16.6 Å². The Labute approximate surface area is 93.3 Å². The summed E-state index contributed by atoms with van der Waals surface area (Å²) < 4.78 is 25.1. The zero-order chi connectivity index (χ0) is 11.6. The molecule has 0 bridgehead atoms. The average Bonchev–Trinajstić information content (AvgIpc) is 2.08. The van der Waals surface area contributed by atoms with Crippen LogP contribution in [0.5, 0.6) is 0 Å². The van der Waals surface area contributed by atoms with E-state index in [4.69, 9.17) is 5.11 Å². The van der Waals surface area contributed by atoms with E-state index in [1.54, 1.807) is 6.92 Å². The van der Waals surface area contributed by atoms with Gasteiger partial charge in [0.1, 0.15) is 5.69 Å². The number of alkyl halides is 2. The third kappa shape index (κ3) is 2.95. The van der Waals surface area contributed by atoms with Gasteiger partial charge in [-0.1, -0.05) is 0 Å². The second-order valence-electron chi connectivity index (χ2n) is 2.99. The lowest BCUT2D eigenvalue weighted by Gasteiger charge is -2.08. The summed E-state index contributed by atoms with van der Waals surface area (Å²) in [7, 11) is 0. The van der Waals surface area contributed by atoms with E-state index in [1.165, 1.54) is 6.07 Å². The number of carboxylic acid groups (broad SMARTS) is 1. The predicted molar refractivity (Wildman–Crippen MR) is 53.0 cm³/mol. The first kappa shape index (κ1) is 12.0. The molecular formula is C9H8BrF2NO2. The number of aromatic nitrogens is 1. The minimum Gasteiger partial charge on any atom is -0.481 e. The molecule has 0 atom stereocenters. The summed E-state index contributed by atoms with van der Waals surface area (Å²) in [6.07, 6.45) is -3.06. The molecule has 6 heteroatoms. The molecule has 0 aliphatic rings. The van der Waals surface area contributed by atoms with Crippen LogP contribution in [0.15, 0.2) is 10.5 Å². The molecule has 0 amide bonds. The molecule has 1 aromatic rings. The maximum absolute atomic E-state index is 12.4. The number of pyridine rings is 1. The van der Waals surface area contributed by atoms with E-state index < -0.39 is 18.1 Å². The van der Waals surface area contributed by atoms with Crippen molar-refractivity contribution in [1.29, 1.82) is 0 Å². The van der Waals surface area contributed by atoms with Gasteiger partial charge in [0.25, 0.3) is 6.43 Å². The van der Waals surface area contributed by atoms with E-state index in [0.717, 1.165) is 0 Å². The lowest BCUT2D eigenvalue weighted by atomic mass is 10.1. The molecule has 0 saturated heterocycles. The molecule has 1 heterocycles. The maximum atomic E-state index is 12.4. The lowest BCUT2D eigenvalue weighted by molar-refractivity contribution is -0.136. The zero-order valence-corrected chi connectivity index (χ0v) is 9.38. The van der Waals surface area contributed by atoms with Crippen molar-refractivity contribution in [2.24, 2.45) is 0 Å². The van der Waals surface area contributed by atoms with Gasteiger partial charge in [0, 0.05) is 4.47 Å². The SMILES string of the molecule is Cc1cc(Br)c(C(F)F)nc1CC(=O)O. The van der Waals surface area contributed by atoms with Gasteiger partial charge in [0.15, 0.2) is 0 Å². The fraction of sp³-hybridized carbons (Fsp3) is 0.333. The van der Waals surface area contributed by atoms with Crippen LogP contribution in [0.25, 0.3) is 0 Å². The molecule has 0 unspecified atom stereocenters. The van der Waals surface area contributed by atoms with Crippen LogP contribution in [0, 0.1) is 6.92 Å². The number of nitrogens with zero attached hydrogens (tertiary/aromatic N) is 1. The van der Waals surface area contributed by atoms with E-state index in [1.807, 2.05) is 0 Å². The van der Waals surface area contributed by atoms with Crippen molar-refractivity contribution in [3.05, 3.63) is 27.5 Å². The first-order chi connectivity index (χ1) is 6.91. The minimum atomic E-state index is -2.72. The Morgan fingerprint density at radius 2 is 2.27 bits per heavy atom. The molecule has 0 fully saturated rings. The molecule has 0 saturated carbocycles. The molecule has 1 aromatic heterocycles. The maximum Gasteiger partial charge on any atom is 0.309 e. The minimum absolute atomic E-state index is 0.168. The number of carbonyl (C=O) groups is 1. The summed E-state index contributed by atoms with van der Waals surface area (Å²) in [6.45, 7) is 1.63. The van der Waals surface area contributed by atoms with Crippen molar-refractivity contribution in [1.82, 2.24) is 4.98 Å². The number of carboxylic acids is 1. The molecule has 15 heavy (non-hydrogen) atoms. The molecule has 0 aliphatic carbocycles. The van der Waals surface area contributed by atoms with Gasteiger partial charge in [-0.3, -0.25) is 4.79 Å². The Kier molecular flexibility index (Phi) is 3.73. The molecule has 0 aromatic carbocycles. The Hall–Kier alpha value is -1.04. The van der Waals surface area contributed by atoms with Gasteiger partial charge >= 0.3 is 5.97 Å². The molecule has 1 N–H and O–H groups in total. The zero-order valence-electron chi connectivity index (χ0n) is 7.80. The van der Waals surface area contributed by atoms with E-state index in [0.29, 0.717) is 5.56 Å².